The number of anilines is 1. The zero-order chi connectivity index (χ0) is 15.8. The monoisotopic (exact) mass is 335 g/mol. The van der Waals surface area contributed by atoms with E-state index in [1.807, 2.05) is 30.3 Å². The van der Waals surface area contributed by atoms with Crippen LogP contribution in [0, 0.1) is 0 Å². The van der Waals surface area contributed by atoms with E-state index < -0.39 is 9.84 Å². The Labute approximate surface area is 134 Å². The van der Waals surface area contributed by atoms with Gasteiger partial charge in [0.25, 0.3) is 0 Å². The predicted molar refractivity (Wildman–Crippen MR) is 90.9 cm³/mol. The second-order valence-corrected chi connectivity index (χ2v) is 7.81. The quantitative estimate of drug-likeness (QED) is 0.790. The van der Waals surface area contributed by atoms with Crippen molar-refractivity contribution in [1.29, 1.82) is 0 Å². The normalized spacial score (nSPS) is 11.1. The fraction of sp³-hybridized carbons (Fsp3) is 0.188. The summed E-state index contributed by atoms with van der Waals surface area (Å²) in [5, 5.41) is 2.76. The van der Waals surface area contributed by atoms with E-state index in [0.717, 1.165) is 5.69 Å². The smallest absolute Gasteiger partial charge is 0.234 e. The van der Waals surface area contributed by atoms with Gasteiger partial charge >= 0.3 is 0 Å². The number of hydrogen-bond acceptors (Lipinski definition) is 4. The molecule has 0 radical (unpaired) electrons. The maximum absolute atomic E-state index is 12.1. The largest absolute Gasteiger partial charge is 0.325 e. The van der Waals surface area contributed by atoms with E-state index in [1.165, 1.54) is 11.8 Å². The number of rotatable bonds is 7. The highest BCUT2D eigenvalue weighted by atomic mass is 32.2. The summed E-state index contributed by atoms with van der Waals surface area (Å²) >= 11 is 1.31. The molecule has 2 aromatic carbocycles. The lowest BCUT2D eigenvalue weighted by Gasteiger charge is -2.06. The van der Waals surface area contributed by atoms with Gasteiger partial charge in [0, 0.05) is 11.4 Å². The number of benzene rings is 2. The van der Waals surface area contributed by atoms with Crippen LogP contribution in [0.2, 0.25) is 0 Å². The summed E-state index contributed by atoms with van der Waals surface area (Å²) in [6.07, 6.45) is 0. The second kappa shape index (κ2) is 8.00. The first-order valence-corrected chi connectivity index (χ1v) is 9.59. The van der Waals surface area contributed by atoms with Gasteiger partial charge in [-0.1, -0.05) is 36.4 Å². The lowest BCUT2D eigenvalue weighted by atomic mass is 10.3. The molecule has 1 N–H and O–H groups in total. The maximum Gasteiger partial charge on any atom is 0.234 e. The van der Waals surface area contributed by atoms with Gasteiger partial charge in [0.05, 0.1) is 16.4 Å². The SMILES string of the molecule is O=C(CSCCS(=O)(=O)c1ccccc1)Nc1ccccc1. The highest BCUT2D eigenvalue weighted by Crippen LogP contribution is 2.13. The molecule has 6 heteroatoms. The fourth-order valence-electron chi connectivity index (χ4n) is 1.80. The lowest BCUT2D eigenvalue weighted by molar-refractivity contribution is -0.113. The van der Waals surface area contributed by atoms with Crippen LogP contribution in [0.1, 0.15) is 0 Å². The molecule has 2 rings (SSSR count). The van der Waals surface area contributed by atoms with Gasteiger partial charge in [0.1, 0.15) is 0 Å². The Morgan fingerprint density at radius 1 is 0.955 bits per heavy atom. The molecule has 1 amide bonds. The molecule has 0 heterocycles. The number of thioether (sulfide) groups is 1. The zero-order valence-electron chi connectivity index (χ0n) is 11.9. The molecule has 0 spiro atoms. The van der Waals surface area contributed by atoms with Gasteiger partial charge in [-0.25, -0.2) is 8.42 Å². The van der Waals surface area contributed by atoms with E-state index in [2.05, 4.69) is 5.32 Å². The van der Waals surface area contributed by atoms with Crippen molar-refractivity contribution in [3.05, 3.63) is 60.7 Å². The van der Waals surface area contributed by atoms with E-state index in [1.54, 1.807) is 30.3 Å². The highest BCUT2D eigenvalue weighted by molar-refractivity contribution is 8.01. The lowest BCUT2D eigenvalue weighted by Crippen LogP contribution is -2.15. The standard InChI is InChI=1S/C16H17NO3S2/c18-16(17-14-7-3-1-4-8-14)13-21-11-12-22(19,20)15-9-5-2-6-10-15/h1-10H,11-13H2,(H,17,18). The number of carbonyl (C=O) groups is 1. The molecule has 0 saturated heterocycles. The van der Waals surface area contributed by atoms with Crippen LogP contribution in [0.25, 0.3) is 0 Å². The van der Waals surface area contributed by atoms with Crippen LogP contribution >= 0.6 is 11.8 Å². The summed E-state index contributed by atoms with van der Waals surface area (Å²) < 4.78 is 24.1. The molecule has 4 nitrogen and oxygen atoms in total. The molecule has 0 atom stereocenters. The molecule has 22 heavy (non-hydrogen) atoms. The molecule has 2 aromatic rings. The molecular formula is C16H17NO3S2. The van der Waals surface area contributed by atoms with E-state index >= 15 is 0 Å². The second-order valence-electron chi connectivity index (χ2n) is 4.60. The predicted octanol–water partition coefficient (Wildman–Crippen LogP) is 2.83. The Morgan fingerprint density at radius 3 is 2.18 bits per heavy atom. The van der Waals surface area contributed by atoms with Gasteiger partial charge in [0.15, 0.2) is 9.84 Å². The van der Waals surface area contributed by atoms with Gasteiger partial charge in [0.2, 0.25) is 5.91 Å². The minimum atomic E-state index is -3.27. The van der Waals surface area contributed by atoms with Crippen molar-refractivity contribution >= 4 is 33.2 Å². The van der Waals surface area contributed by atoms with Crippen LogP contribution in [-0.4, -0.2) is 31.6 Å². The van der Waals surface area contributed by atoms with Crippen LogP contribution < -0.4 is 5.32 Å². The molecule has 0 aliphatic carbocycles. The number of hydrogen-bond donors (Lipinski definition) is 1. The van der Waals surface area contributed by atoms with Gasteiger partial charge < -0.3 is 5.32 Å². The number of amides is 1. The Bertz CT molecular complexity index is 701. The summed E-state index contributed by atoms with van der Waals surface area (Å²) in [4.78, 5) is 12.0. The average molecular weight is 335 g/mol. The van der Waals surface area contributed by atoms with Crippen molar-refractivity contribution < 1.29 is 13.2 Å². The van der Waals surface area contributed by atoms with E-state index in [-0.39, 0.29) is 17.4 Å². The van der Waals surface area contributed by atoms with Crippen molar-refractivity contribution in [2.45, 2.75) is 4.90 Å². The van der Waals surface area contributed by atoms with Gasteiger partial charge in [-0.3, -0.25) is 4.79 Å². The van der Waals surface area contributed by atoms with Gasteiger partial charge in [-0.15, -0.1) is 0 Å². The third-order valence-corrected chi connectivity index (χ3v) is 5.84. The average Bonchev–Trinajstić information content (AvgIpc) is 2.53. The molecule has 0 aromatic heterocycles. The van der Waals surface area contributed by atoms with Crippen LogP contribution in [0.3, 0.4) is 0 Å². The minimum Gasteiger partial charge on any atom is -0.325 e. The van der Waals surface area contributed by atoms with Crippen molar-refractivity contribution in [3.8, 4) is 0 Å². The summed E-state index contributed by atoms with van der Waals surface area (Å²) in [7, 11) is -3.27. The van der Waals surface area contributed by atoms with Crippen LogP contribution in [0.5, 0.6) is 0 Å². The van der Waals surface area contributed by atoms with Crippen molar-refractivity contribution in [3.63, 3.8) is 0 Å². The molecule has 0 unspecified atom stereocenters. The van der Waals surface area contributed by atoms with E-state index in [4.69, 9.17) is 0 Å². The summed E-state index contributed by atoms with van der Waals surface area (Å²) in [5.41, 5.74) is 0.741. The maximum atomic E-state index is 12.1. The van der Waals surface area contributed by atoms with Gasteiger partial charge in [-0.2, -0.15) is 11.8 Å². The van der Waals surface area contributed by atoms with Crippen LogP contribution in [0.4, 0.5) is 5.69 Å². The summed E-state index contributed by atoms with van der Waals surface area (Å²) in [6, 6.07) is 17.5. The minimum absolute atomic E-state index is 0.0281. The van der Waals surface area contributed by atoms with E-state index in [9.17, 15) is 13.2 Å². The topological polar surface area (TPSA) is 63.2 Å². The Kier molecular flexibility index (Phi) is 6.03. The Morgan fingerprint density at radius 2 is 1.55 bits per heavy atom. The zero-order valence-corrected chi connectivity index (χ0v) is 13.6. The third kappa shape index (κ3) is 5.20. The molecule has 0 fully saturated rings. The highest BCUT2D eigenvalue weighted by Gasteiger charge is 2.13. The van der Waals surface area contributed by atoms with Crippen molar-refractivity contribution in [2.24, 2.45) is 0 Å². The van der Waals surface area contributed by atoms with Gasteiger partial charge in [-0.05, 0) is 24.3 Å². The van der Waals surface area contributed by atoms with Crippen LogP contribution in [0.15, 0.2) is 65.6 Å². The first-order valence-electron chi connectivity index (χ1n) is 6.78. The molecule has 0 bridgehead atoms. The summed E-state index contributed by atoms with van der Waals surface area (Å²) in [6.45, 7) is 0. The first kappa shape index (κ1) is 16.6. The number of nitrogens with one attached hydrogen (secondary N) is 1. The number of sulfone groups is 1. The van der Waals surface area contributed by atoms with Crippen molar-refractivity contribution in [1.82, 2.24) is 0 Å². The molecule has 0 aliphatic rings. The van der Waals surface area contributed by atoms with Crippen molar-refractivity contribution in [2.75, 3.05) is 22.6 Å². The molecular weight excluding hydrogens is 318 g/mol. The third-order valence-electron chi connectivity index (χ3n) is 2.89. The van der Waals surface area contributed by atoms with E-state index in [0.29, 0.717) is 10.6 Å². The Balaban J connectivity index is 1.74. The number of para-hydroxylation sites is 1. The molecule has 116 valence electrons. The number of carbonyl (C=O) groups excluding carboxylic acids is 1. The first-order chi connectivity index (χ1) is 10.6. The Hall–Kier alpha value is -1.79. The summed E-state index contributed by atoms with van der Waals surface area (Å²) in [5.74, 6) is 0.521. The van der Waals surface area contributed by atoms with Crippen LogP contribution in [-0.2, 0) is 14.6 Å². The molecule has 0 aliphatic heterocycles. The molecule has 0 saturated carbocycles. The fourth-order valence-corrected chi connectivity index (χ4v) is 4.36.